The van der Waals surface area contributed by atoms with Crippen LogP contribution < -0.4 is 0 Å². The van der Waals surface area contributed by atoms with Crippen LogP contribution in [0.3, 0.4) is 0 Å². The highest BCUT2D eigenvalue weighted by Crippen LogP contribution is 2.37. The summed E-state index contributed by atoms with van der Waals surface area (Å²) in [6.07, 6.45) is -0.304. The summed E-state index contributed by atoms with van der Waals surface area (Å²) in [4.78, 5) is 28.0. The second kappa shape index (κ2) is 7.88. The second-order valence-electron chi connectivity index (χ2n) is 8.87. The van der Waals surface area contributed by atoms with Crippen LogP contribution >= 0.6 is 0 Å². The molecule has 2 heterocycles. The molecular weight excluding hydrogens is 350 g/mol. The van der Waals surface area contributed by atoms with Crippen molar-refractivity contribution in [3.63, 3.8) is 0 Å². The summed E-state index contributed by atoms with van der Waals surface area (Å²) in [5.74, 6) is -1.34. The number of aromatic nitrogens is 1. The van der Waals surface area contributed by atoms with Crippen molar-refractivity contribution >= 4 is 12.1 Å². The van der Waals surface area contributed by atoms with E-state index >= 15 is 0 Å². The number of carbonyl (C=O) groups excluding carboxylic acids is 1. The number of aliphatic carboxylic acids is 1. The molecule has 0 bridgehead atoms. The van der Waals surface area contributed by atoms with Crippen LogP contribution in [0.15, 0.2) is 10.6 Å². The Hall–Kier alpha value is -2.09. The highest BCUT2D eigenvalue weighted by Gasteiger charge is 2.41. The molecular formula is C19H31N3O5. The van der Waals surface area contributed by atoms with Gasteiger partial charge in [-0.05, 0) is 33.1 Å². The van der Waals surface area contributed by atoms with Crippen LogP contribution in [0.1, 0.15) is 52.0 Å². The van der Waals surface area contributed by atoms with Gasteiger partial charge in [0.1, 0.15) is 11.5 Å². The van der Waals surface area contributed by atoms with Gasteiger partial charge in [-0.15, -0.1) is 0 Å². The number of nitrogens with zero attached hydrogens (tertiary/aromatic N) is 3. The maximum atomic E-state index is 12.2. The molecule has 1 aliphatic heterocycles. The topological polar surface area (TPSA) is 96.1 Å². The van der Waals surface area contributed by atoms with Gasteiger partial charge in [-0.2, -0.15) is 0 Å². The molecule has 0 aliphatic carbocycles. The molecule has 1 unspecified atom stereocenters. The van der Waals surface area contributed by atoms with Crippen molar-refractivity contribution in [3.05, 3.63) is 17.5 Å². The number of carboxylic acids is 1. The molecule has 1 aliphatic rings. The van der Waals surface area contributed by atoms with Crippen LogP contribution in [-0.4, -0.2) is 70.5 Å². The molecule has 1 atom stereocenters. The molecule has 1 aromatic heterocycles. The fraction of sp³-hybridized carbons (Fsp3) is 0.737. The van der Waals surface area contributed by atoms with E-state index in [4.69, 9.17) is 9.26 Å². The SMILES string of the molecule is Cc1cc(C(C(=O)O)C(C)(C)CN2CCN(C(=O)OC(C)(C)C)CC2)on1. The van der Waals surface area contributed by atoms with Gasteiger partial charge >= 0.3 is 12.1 Å². The first-order valence-electron chi connectivity index (χ1n) is 9.25. The van der Waals surface area contributed by atoms with E-state index in [0.29, 0.717) is 44.2 Å². The van der Waals surface area contributed by atoms with Crippen molar-refractivity contribution in [2.45, 2.75) is 53.1 Å². The van der Waals surface area contributed by atoms with Gasteiger partial charge in [-0.25, -0.2) is 4.79 Å². The van der Waals surface area contributed by atoms with E-state index in [1.807, 2.05) is 34.6 Å². The predicted molar refractivity (Wildman–Crippen MR) is 99.6 cm³/mol. The Morgan fingerprint density at radius 3 is 2.26 bits per heavy atom. The van der Waals surface area contributed by atoms with Crippen LogP contribution in [-0.2, 0) is 9.53 Å². The third kappa shape index (κ3) is 5.69. The Balaban J connectivity index is 1.98. The van der Waals surface area contributed by atoms with Gasteiger partial charge in [0.15, 0.2) is 5.76 Å². The molecule has 27 heavy (non-hydrogen) atoms. The average molecular weight is 381 g/mol. The molecule has 8 heteroatoms. The first-order chi connectivity index (χ1) is 12.4. The van der Waals surface area contributed by atoms with E-state index in [1.54, 1.807) is 17.9 Å². The summed E-state index contributed by atoms with van der Waals surface area (Å²) >= 11 is 0. The summed E-state index contributed by atoms with van der Waals surface area (Å²) < 4.78 is 10.7. The lowest BCUT2D eigenvalue weighted by molar-refractivity contribution is -0.142. The highest BCUT2D eigenvalue weighted by atomic mass is 16.6. The summed E-state index contributed by atoms with van der Waals surface area (Å²) in [7, 11) is 0. The predicted octanol–water partition coefficient (Wildman–Crippen LogP) is 2.73. The highest BCUT2D eigenvalue weighted by molar-refractivity contribution is 5.76. The summed E-state index contributed by atoms with van der Waals surface area (Å²) in [5.41, 5.74) is -0.413. The number of ether oxygens (including phenoxy) is 1. The van der Waals surface area contributed by atoms with Crippen molar-refractivity contribution in [1.82, 2.24) is 15.0 Å². The lowest BCUT2D eigenvalue weighted by Crippen LogP contribution is -2.52. The zero-order valence-corrected chi connectivity index (χ0v) is 17.1. The van der Waals surface area contributed by atoms with E-state index in [1.165, 1.54) is 0 Å². The van der Waals surface area contributed by atoms with Crippen molar-refractivity contribution in [1.29, 1.82) is 0 Å². The molecule has 0 aromatic carbocycles. The van der Waals surface area contributed by atoms with Crippen LogP contribution in [0.2, 0.25) is 0 Å². The van der Waals surface area contributed by atoms with Gasteiger partial charge in [-0.3, -0.25) is 9.69 Å². The van der Waals surface area contributed by atoms with Crippen LogP contribution in [0.25, 0.3) is 0 Å². The monoisotopic (exact) mass is 381 g/mol. The molecule has 1 fully saturated rings. The van der Waals surface area contributed by atoms with Crippen molar-refractivity contribution in [2.75, 3.05) is 32.7 Å². The Kier molecular flexibility index (Phi) is 6.19. The standard InChI is InChI=1S/C19H31N3O5/c1-13-11-14(27-20-13)15(16(23)24)19(5,6)12-21-7-9-22(10-8-21)17(25)26-18(2,3)4/h11,15H,7-10,12H2,1-6H3,(H,23,24). The van der Waals surface area contributed by atoms with Crippen LogP contribution in [0.4, 0.5) is 4.79 Å². The zero-order chi connectivity index (χ0) is 20.4. The third-order valence-electron chi connectivity index (χ3n) is 4.61. The number of carboxylic acid groups (broad SMARTS) is 1. The molecule has 0 saturated carbocycles. The average Bonchev–Trinajstić information content (AvgIpc) is 2.90. The van der Waals surface area contributed by atoms with E-state index < -0.39 is 22.9 Å². The maximum absolute atomic E-state index is 12.2. The zero-order valence-electron chi connectivity index (χ0n) is 17.1. The van der Waals surface area contributed by atoms with E-state index in [0.717, 1.165) is 0 Å². The molecule has 0 spiro atoms. The summed E-state index contributed by atoms with van der Waals surface area (Å²) in [6.45, 7) is 14.2. The van der Waals surface area contributed by atoms with Gasteiger partial charge in [0.2, 0.25) is 0 Å². The fourth-order valence-corrected chi connectivity index (χ4v) is 3.44. The summed E-state index contributed by atoms with van der Waals surface area (Å²) in [5, 5.41) is 13.6. The number of hydrogen-bond acceptors (Lipinski definition) is 6. The first kappa shape index (κ1) is 21.2. The number of aryl methyl sites for hydroxylation is 1. The van der Waals surface area contributed by atoms with Crippen molar-refractivity contribution in [2.24, 2.45) is 5.41 Å². The summed E-state index contributed by atoms with van der Waals surface area (Å²) in [6, 6.07) is 1.68. The number of carbonyl (C=O) groups is 2. The quantitative estimate of drug-likeness (QED) is 0.837. The van der Waals surface area contributed by atoms with Crippen LogP contribution in [0, 0.1) is 12.3 Å². The molecule has 152 valence electrons. The van der Waals surface area contributed by atoms with Crippen molar-refractivity contribution < 1.29 is 24.0 Å². The van der Waals surface area contributed by atoms with E-state index in [2.05, 4.69) is 10.1 Å². The van der Waals surface area contributed by atoms with Gasteiger partial charge in [0.25, 0.3) is 0 Å². The first-order valence-corrected chi connectivity index (χ1v) is 9.25. The molecule has 1 N–H and O–H groups in total. The Morgan fingerprint density at radius 1 is 1.22 bits per heavy atom. The van der Waals surface area contributed by atoms with Crippen molar-refractivity contribution in [3.8, 4) is 0 Å². The Bertz CT molecular complexity index is 669. The van der Waals surface area contributed by atoms with E-state index in [9.17, 15) is 14.7 Å². The molecule has 1 saturated heterocycles. The third-order valence-corrected chi connectivity index (χ3v) is 4.61. The van der Waals surface area contributed by atoms with Gasteiger partial charge < -0.3 is 19.3 Å². The Labute approximate surface area is 160 Å². The minimum Gasteiger partial charge on any atom is -0.481 e. The number of amides is 1. The Morgan fingerprint density at radius 2 is 1.81 bits per heavy atom. The largest absolute Gasteiger partial charge is 0.481 e. The molecule has 1 aromatic rings. The normalized spacial score (nSPS) is 17.6. The maximum Gasteiger partial charge on any atom is 0.410 e. The van der Waals surface area contributed by atoms with Gasteiger partial charge in [0, 0.05) is 38.8 Å². The minimum atomic E-state index is -0.927. The second-order valence-corrected chi connectivity index (χ2v) is 8.87. The van der Waals surface area contributed by atoms with Gasteiger partial charge in [-0.1, -0.05) is 19.0 Å². The fourth-order valence-electron chi connectivity index (χ4n) is 3.44. The van der Waals surface area contributed by atoms with Crippen LogP contribution in [0.5, 0.6) is 0 Å². The number of hydrogen-bond donors (Lipinski definition) is 1. The smallest absolute Gasteiger partial charge is 0.410 e. The lowest BCUT2D eigenvalue weighted by Gasteiger charge is -2.40. The molecule has 8 nitrogen and oxygen atoms in total. The minimum absolute atomic E-state index is 0.304. The molecule has 0 radical (unpaired) electrons. The van der Waals surface area contributed by atoms with Gasteiger partial charge in [0.05, 0.1) is 5.69 Å². The number of rotatable bonds is 5. The molecule has 2 rings (SSSR count). The molecule has 1 amide bonds. The lowest BCUT2D eigenvalue weighted by atomic mass is 9.76. The number of piperazine rings is 1. The van der Waals surface area contributed by atoms with E-state index in [-0.39, 0.29) is 6.09 Å².